The molecule has 3 heteroatoms. The summed E-state index contributed by atoms with van der Waals surface area (Å²) in [5.41, 5.74) is 7.42. The highest BCUT2D eigenvalue weighted by Crippen LogP contribution is 2.15. The molecule has 13 heavy (non-hydrogen) atoms. The molecule has 0 unspecified atom stereocenters. The van der Waals surface area contributed by atoms with Gasteiger partial charge < -0.3 is 10.5 Å². The third-order valence-electron chi connectivity index (χ3n) is 1.68. The number of rotatable bonds is 3. The maximum Gasteiger partial charge on any atom is 0.215 e. The van der Waals surface area contributed by atoms with Crippen molar-refractivity contribution in [1.29, 1.82) is 0 Å². The van der Waals surface area contributed by atoms with Crippen molar-refractivity contribution in [3.8, 4) is 5.88 Å². The maximum atomic E-state index is 5.71. The van der Waals surface area contributed by atoms with Gasteiger partial charge in [-0.2, -0.15) is 0 Å². The molecule has 0 amide bonds. The summed E-state index contributed by atoms with van der Waals surface area (Å²) in [6.07, 6.45) is 1.73. The Balaban J connectivity index is 2.63. The molecule has 0 spiro atoms. The van der Waals surface area contributed by atoms with Crippen molar-refractivity contribution in [3.63, 3.8) is 0 Å². The first-order valence-electron chi connectivity index (χ1n) is 4.44. The monoisotopic (exact) mass is 180 g/mol. The zero-order valence-electron chi connectivity index (χ0n) is 8.37. The van der Waals surface area contributed by atoms with E-state index in [2.05, 4.69) is 18.8 Å². The van der Waals surface area contributed by atoms with E-state index in [0.717, 1.165) is 11.3 Å². The van der Waals surface area contributed by atoms with Gasteiger partial charge in [-0.3, -0.25) is 0 Å². The number of aromatic nitrogens is 1. The SMILES string of the molecule is Cc1cnc(OCC(C)C)cc1N. The summed E-state index contributed by atoms with van der Waals surface area (Å²) in [5.74, 6) is 1.11. The molecule has 1 rings (SSSR count). The molecule has 72 valence electrons. The molecule has 0 aromatic carbocycles. The van der Waals surface area contributed by atoms with Crippen molar-refractivity contribution in [2.24, 2.45) is 5.92 Å². The molecule has 0 saturated heterocycles. The normalized spacial score (nSPS) is 10.5. The van der Waals surface area contributed by atoms with Crippen LogP contribution in [-0.2, 0) is 0 Å². The molecular formula is C10H16N2O. The van der Waals surface area contributed by atoms with E-state index in [-0.39, 0.29) is 0 Å². The zero-order chi connectivity index (χ0) is 9.84. The van der Waals surface area contributed by atoms with Gasteiger partial charge in [-0.05, 0) is 18.4 Å². The van der Waals surface area contributed by atoms with Crippen LogP contribution < -0.4 is 10.5 Å². The van der Waals surface area contributed by atoms with E-state index in [4.69, 9.17) is 10.5 Å². The Morgan fingerprint density at radius 1 is 1.54 bits per heavy atom. The van der Waals surface area contributed by atoms with Crippen molar-refractivity contribution >= 4 is 5.69 Å². The molecular weight excluding hydrogens is 164 g/mol. The van der Waals surface area contributed by atoms with E-state index in [1.807, 2.05) is 6.92 Å². The van der Waals surface area contributed by atoms with E-state index in [9.17, 15) is 0 Å². The van der Waals surface area contributed by atoms with Crippen LogP contribution in [0.3, 0.4) is 0 Å². The van der Waals surface area contributed by atoms with E-state index in [0.29, 0.717) is 18.4 Å². The Morgan fingerprint density at radius 2 is 2.23 bits per heavy atom. The van der Waals surface area contributed by atoms with Gasteiger partial charge in [0, 0.05) is 18.0 Å². The largest absolute Gasteiger partial charge is 0.477 e. The van der Waals surface area contributed by atoms with Gasteiger partial charge in [-0.15, -0.1) is 0 Å². The lowest BCUT2D eigenvalue weighted by Crippen LogP contribution is -2.06. The third kappa shape index (κ3) is 2.93. The minimum Gasteiger partial charge on any atom is -0.477 e. The number of hydrogen-bond acceptors (Lipinski definition) is 3. The van der Waals surface area contributed by atoms with Gasteiger partial charge in [0.15, 0.2) is 0 Å². The maximum absolute atomic E-state index is 5.71. The molecule has 0 bridgehead atoms. The Labute approximate surface area is 78.9 Å². The van der Waals surface area contributed by atoms with Gasteiger partial charge in [0.2, 0.25) is 5.88 Å². The number of aryl methyl sites for hydroxylation is 1. The van der Waals surface area contributed by atoms with Crippen LogP contribution in [0, 0.1) is 12.8 Å². The van der Waals surface area contributed by atoms with Crippen molar-refractivity contribution in [3.05, 3.63) is 17.8 Å². The molecule has 0 aliphatic heterocycles. The quantitative estimate of drug-likeness (QED) is 0.774. The number of ether oxygens (including phenoxy) is 1. The number of nitrogens with two attached hydrogens (primary N) is 1. The Morgan fingerprint density at radius 3 is 2.77 bits per heavy atom. The molecule has 0 saturated carbocycles. The van der Waals surface area contributed by atoms with Crippen molar-refractivity contribution < 1.29 is 4.74 Å². The van der Waals surface area contributed by atoms with Crippen molar-refractivity contribution in [1.82, 2.24) is 4.98 Å². The van der Waals surface area contributed by atoms with Gasteiger partial charge in [0.05, 0.1) is 6.61 Å². The fraction of sp³-hybridized carbons (Fsp3) is 0.500. The predicted molar refractivity (Wildman–Crippen MR) is 53.7 cm³/mol. The second-order valence-corrected chi connectivity index (χ2v) is 3.58. The lowest BCUT2D eigenvalue weighted by Gasteiger charge is -2.08. The highest BCUT2D eigenvalue weighted by atomic mass is 16.5. The summed E-state index contributed by atoms with van der Waals surface area (Å²) in [6.45, 7) is 6.79. The van der Waals surface area contributed by atoms with E-state index >= 15 is 0 Å². The molecule has 3 nitrogen and oxygen atoms in total. The smallest absolute Gasteiger partial charge is 0.215 e. The average molecular weight is 180 g/mol. The number of hydrogen-bond donors (Lipinski definition) is 1. The summed E-state index contributed by atoms with van der Waals surface area (Å²) in [5, 5.41) is 0. The van der Waals surface area contributed by atoms with E-state index in [1.165, 1.54) is 0 Å². The molecule has 0 aliphatic rings. The van der Waals surface area contributed by atoms with Crippen LogP contribution >= 0.6 is 0 Å². The topological polar surface area (TPSA) is 48.1 Å². The first-order chi connectivity index (χ1) is 6.09. The van der Waals surface area contributed by atoms with Gasteiger partial charge >= 0.3 is 0 Å². The Kier molecular flexibility index (Phi) is 3.12. The van der Waals surface area contributed by atoms with E-state index < -0.39 is 0 Å². The van der Waals surface area contributed by atoms with Crippen molar-refractivity contribution in [2.75, 3.05) is 12.3 Å². The van der Waals surface area contributed by atoms with E-state index in [1.54, 1.807) is 12.3 Å². The number of nitrogens with zero attached hydrogens (tertiary/aromatic N) is 1. The van der Waals surface area contributed by atoms with Crippen LogP contribution in [0.4, 0.5) is 5.69 Å². The number of anilines is 1. The van der Waals surface area contributed by atoms with Gasteiger partial charge in [0.1, 0.15) is 0 Å². The minimum absolute atomic E-state index is 0.504. The summed E-state index contributed by atoms with van der Waals surface area (Å²) >= 11 is 0. The van der Waals surface area contributed by atoms with Crippen LogP contribution in [0.15, 0.2) is 12.3 Å². The highest BCUT2D eigenvalue weighted by Gasteiger charge is 2.00. The highest BCUT2D eigenvalue weighted by molar-refractivity contribution is 5.47. The summed E-state index contributed by atoms with van der Waals surface area (Å²) in [7, 11) is 0. The number of pyridine rings is 1. The summed E-state index contributed by atoms with van der Waals surface area (Å²) < 4.78 is 5.41. The second kappa shape index (κ2) is 4.12. The van der Waals surface area contributed by atoms with Crippen LogP contribution in [0.2, 0.25) is 0 Å². The van der Waals surface area contributed by atoms with Crippen molar-refractivity contribution in [2.45, 2.75) is 20.8 Å². The fourth-order valence-electron chi connectivity index (χ4n) is 0.850. The Bertz CT molecular complexity index is 284. The molecule has 2 N–H and O–H groups in total. The minimum atomic E-state index is 0.504. The fourth-order valence-corrected chi connectivity index (χ4v) is 0.850. The van der Waals surface area contributed by atoms with Crippen LogP contribution in [0.25, 0.3) is 0 Å². The first-order valence-corrected chi connectivity index (χ1v) is 4.44. The van der Waals surface area contributed by atoms with Gasteiger partial charge in [-0.1, -0.05) is 13.8 Å². The molecule has 1 heterocycles. The lowest BCUT2D eigenvalue weighted by atomic mass is 10.2. The van der Waals surface area contributed by atoms with Crippen LogP contribution in [0.1, 0.15) is 19.4 Å². The standard InChI is InChI=1S/C10H16N2O/c1-7(2)6-13-10-4-9(11)8(3)5-12-10/h4-5,7H,6H2,1-3H3,(H2,11,12). The van der Waals surface area contributed by atoms with Gasteiger partial charge in [-0.25, -0.2) is 4.98 Å². The number of nitrogen functional groups attached to an aromatic ring is 1. The van der Waals surface area contributed by atoms with Gasteiger partial charge in [0.25, 0.3) is 0 Å². The third-order valence-corrected chi connectivity index (χ3v) is 1.68. The van der Waals surface area contributed by atoms with Crippen LogP contribution in [0.5, 0.6) is 5.88 Å². The summed E-state index contributed by atoms with van der Waals surface area (Å²) in [4.78, 5) is 4.11. The average Bonchev–Trinajstić information content (AvgIpc) is 2.07. The summed E-state index contributed by atoms with van der Waals surface area (Å²) in [6, 6.07) is 1.76. The molecule has 1 aromatic rings. The molecule has 0 fully saturated rings. The molecule has 0 aliphatic carbocycles. The predicted octanol–water partition coefficient (Wildman–Crippen LogP) is 2.01. The first kappa shape index (κ1) is 9.84. The molecule has 0 radical (unpaired) electrons. The zero-order valence-corrected chi connectivity index (χ0v) is 8.37. The molecule has 0 atom stereocenters. The lowest BCUT2D eigenvalue weighted by molar-refractivity contribution is 0.261. The second-order valence-electron chi connectivity index (χ2n) is 3.58. The Hall–Kier alpha value is -1.25. The molecule has 1 aromatic heterocycles. The van der Waals surface area contributed by atoms with Crippen LogP contribution in [-0.4, -0.2) is 11.6 Å².